The molecule has 0 spiro atoms. The van der Waals surface area contributed by atoms with E-state index in [1.807, 2.05) is 0 Å². The zero-order chi connectivity index (χ0) is 0. The summed E-state index contributed by atoms with van der Waals surface area (Å²) in [5.41, 5.74) is 0. The Hall–Kier alpha value is 1.78. The minimum Gasteiger partial charge on any atom is 0 e. The molecule has 0 bridgehead atoms. The fourth-order valence-corrected chi connectivity index (χ4v) is 0. The molecule has 0 unspecified atom stereocenters. The second-order valence-electron chi connectivity index (χ2n) is 0. The van der Waals surface area contributed by atoms with Crippen molar-refractivity contribution in [3.05, 3.63) is 0 Å². The third-order valence-electron chi connectivity index (χ3n) is 0. The van der Waals surface area contributed by atoms with Crippen molar-refractivity contribution in [1.82, 2.24) is 6.15 Å². The van der Waals surface area contributed by atoms with Crippen LogP contribution >= 0.6 is 0 Å². The van der Waals surface area contributed by atoms with Crippen LogP contribution in [-0.2, 0) is 38.5 Å². The minimum absolute atomic E-state index is 0. The molecule has 0 atom stereocenters. The van der Waals surface area contributed by atoms with Crippen molar-refractivity contribution in [3.63, 3.8) is 0 Å². The van der Waals surface area contributed by atoms with Crippen molar-refractivity contribution >= 4 is 18.9 Å². The molecule has 0 aromatic carbocycles. The standard InChI is InChI=1S/Co.Li.N.Ti.H. The maximum Gasteiger partial charge on any atom is 0 e. The van der Waals surface area contributed by atoms with E-state index >= 15 is 0 Å². The Labute approximate surface area is 63.1 Å². The summed E-state index contributed by atoms with van der Waals surface area (Å²) in [5.74, 6) is 0. The molecule has 4 heteroatoms. The SMILES string of the molecule is [Co].[LiH].[N].[Ti]. The Bertz CT molecular complexity index is 8.00. The largest absolute Gasteiger partial charge is 0 e. The van der Waals surface area contributed by atoms with Crippen molar-refractivity contribution in [2.45, 2.75) is 0 Å². The van der Waals surface area contributed by atoms with Crippen molar-refractivity contribution in [1.29, 1.82) is 0 Å². The van der Waals surface area contributed by atoms with Gasteiger partial charge in [-0.15, -0.1) is 0 Å². The third kappa shape index (κ3) is 9.22. The zero-order valence-corrected chi connectivity index (χ0v) is 3.88. The maximum atomic E-state index is 0. The van der Waals surface area contributed by atoms with E-state index in [4.69, 9.17) is 0 Å². The first kappa shape index (κ1) is 41.7. The van der Waals surface area contributed by atoms with Gasteiger partial charge in [-0.1, -0.05) is 0 Å². The average molecular weight is 129 g/mol. The molecule has 0 amide bonds. The van der Waals surface area contributed by atoms with E-state index in [1.165, 1.54) is 0 Å². The second kappa shape index (κ2) is 21.6. The summed E-state index contributed by atoms with van der Waals surface area (Å²) >= 11 is 0. The van der Waals surface area contributed by atoms with Gasteiger partial charge in [0.05, 0.1) is 0 Å². The molecule has 0 aromatic rings. The molecule has 0 N–H and O–H groups in total. The second-order valence-corrected chi connectivity index (χ2v) is 0. The van der Waals surface area contributed by atoms with Gasteiger partial charge in [0, 0.05) is 44.6 Å². The van der Waals surface area contributed by atoms with Crippen molar-refractivity contribution < 1.29 is 38.5 Å². The Balaban J connectivity index is 0. The normalized spacial score (nSPS) is 0. The Morgan fingerprint density at radius 1 is 1.00 bits per heavy atom. The molecule has 0 fully saturated rings. The van der Waals surface area contributed by atoms with Crippen LogP contribution in [0.2, 0.25) is 0 Å². The molecule has 0 heterocycles. The fourth-order valence-electron chi connectivity index (χ4n) is 0. The molecule has 4 radical (unpaired) electrons. The van der Waals surface area contributed by atoms with Crippen LogP contribution < -0.4 is 6.15 Å². The van der Waals surface area contributed by atoms with Crippen LogP contribution in [0.3, 0.4) is 0 Å². The fraction of sp³-hybridized carbons (Fsp3) is 0. The van der Waals surface area contributed by atoms with Crippen LogP contribution in [0.5, 0.6) is 0 Å². The average Bonchev–Trinajstić information content (AvgIpc) is 0. The smallest absolute Gasteiger partial charge is 0 e. The van der Waals surface area contributed by atoms with Gasteiger partial charge in [0.2, 0.25) is 0 Å². The first-order valence-corrected chi connectivity index (χ1v) is 0. The summed E-state index contributed by atoms with van der Waals surface area (Å²) in [6.07, 6.45) is 0. The molecule has 0 aliphatic carbocycles. The van der Waals surface area contributed by atoms with E-state index in [0.717, 1.165) is 0 Å². The van der Waals surface area contributed by atoms with Crippen molar-refractivity contribution in [3.8, 4) is 0 Å². The van der Waals surface area contributed by atoms with Gasteiger partial charge in [-0.25, -0.2) is 0 Å². The topological polar surface area (TPSA) is 30.5 Å². The van der Waals surface area contributed by atoms with E-state index in [9.17, 15) is 0 Å². The predicted molar refractivity (Wildman–Crippen MR) is 9.28 cm³/mol. The molecule has 0 aliphatic rings. The molecular formula is HCoLiNTi. The van der Waals surface area contributed by atoms with Crippen molar-refractivity contribution in [2.75, 3.05) is 0 Å². The quantitative estimate of drug-likeness (QED) is 0.370. The molecule has 1 nitrogen and oxygen atoms in total. The van der Waals surface area contributed by atoms with Crippen LogP contribution in [0.15, 0.2) is 0 Å². The summed E-state index contributed by atoms with van der Waals surface area (Å²) in [5, 5.41) is 0. The summed E-state index contributed by atoms with van der Waals surface area (Å²) < 4.78 is 0. The number of hydrogen-bond donors (Lipinski definition) is 0. The van der Waals surface area contributed by atoms with Crippen LogP contribution in [0.1, 0.15) is 0 Å². The van der Waals surface area contributed by atoms with Gasteiger partial charge in [-0.05, 0) is 0 Å². The minimum atomic E-state index is 0. The third-order valence-corrected chi connectivity index (χ3v) is 0. The van der Waals surface area contributed by atoms with Crippen LogP contribution in [0.4, 0.5) is 0 Å². The van der Waals surface area contributed by atoms with Gasteiger partial charge in [0.1, 0.15) is 0 Å². The van der Waals surface area contributed by atoms with E-state index in [1.54, 1.807) is 0 Å². The van der Waals surface area contributed by atoms with Gasteiger partial charge in [0.25, 0.3) is 0 Å². The van der Waals surface area contributed by atoms with Gasteiger partial charge in [-0.2, -0.15) is 0 Å². The van der Waals surface area contributed by atoms with Crippen LogP contribution in [0, 0.1) is 0 Å². The number of rotatable bonds is 0. The summed E-state index contributed by atoms with van der Waals surface area (Å²) in [4.78, 5) is 0. The summed E-state index contributed by atoms with van der Waals surface area (Å²) in [6, 6.07) is 0. The van der Waals surface area contributed by atoms with Gasteiger partial charge in [0.15, 0.2) is 0 Å². The summed E-state index contributed by atoms with van der Waals surface area (Å²) in [6.45, 7) is 0. The molecule has 0 rings (SSSR count). The molecule has 4 heavy (non-hydrogen) atoms. The molecule has 20 valence electrons. The van der Waals surface area contributed by atoms with Gasteiger partial charge < -0.3 is 0 Å². The Morgan fingerprint density at radius 2 is 1.00 bits per heavy atom. The van der Waals surface area contributed by atoms with Gasteiger partial charge in [-0.3, -0.25) is 0 Å². The molecule has 0 saturated heterocycles. The van der Waals surface area contributed by atoms with Crippen LogP contribution in [0.25, 0.3) is 0 Å². The maximum absolute atomic E-state index is 0. The monoisotopic (exact) mass is 129 g/mol. The van der Waals surface area contributed by atoms with E-state index in [-0.39, 0.29) is 63.5 Å². The van der Waals surface area contributed by atoms with E-state index < -0.39 is 0 Å². The Morgan fingerprint density at radius 3 is 1.00 bits per heavy atom. The molecule has 0 aliphatic heterocycles. The molecular weight excluding hydrogens is 128 g/mol. The number of hydrogen-bond acceptors (Lipinski definition) is 0. The summed E-state index contributed by atoms with van der Waals surface area (Å²) in [7, 11) is 0. The molecule has 0 saturated carbocycles. The first-order valence-electron chi connectivity index (χ1n) is 0. The Kier molecular flexibility index (Phi) is 225. The van der Waals surface area contributed by atoms with E-state index in [0.29, 0.717) is 0 Å². The molecule has 0 aromatic heterocycles. The first-order chi connectivity index (χ1) is 0. The zero-order valence-electron chi connectivity index (χ0n) is 1.28. The van der Waals surface area contributed by atoms with Gasteiger partial charge >= 0.3 is 18.9 Å². The van der Waals surface area contributed by atoms with Crippen molar-refractivity contribution in [2.24, 2.45) is 0 Å². The van der Waals surface area contributed by atoms with Crippen LogP contribution in [-0.4, -0.2) is 18.9 Å². The predicted octanol–water partition coefficient (Wildman–Crippen LogP) is -1.13. The van der Waals surface area contributed by atoms with E-state index in [2.05, 4.69) is 0 Å². The number of nitrogens with zero attached hydrogens (tertiary/aromatic N) is 1.